The van der Waals surface area contributed by atoms with E-state index in [4.69, 9.17) is 9.90 Å². The van der Waals surface area contributed by atoms with Crippen LogP contribution in [0.15, 0.2) is 71.9 Å². The Bertz CT molecular complexity index is 1710. The van der Waals surface area contributed by atoms with E-state index in [9.17, 15) is 13.7 Å². The van der Waals surface area contributed by atoms with Gasteiger partial charge in [0.25, 0.3) is 6.47 Å². The summed E-state index contributed by atoms with van der Waals surface area (Å²) in [5.41, 5.74) is 2.24. The van der Waals surface area contributed by atoms with Crippen molar-refractivity contribution in [2.24, 2.45) is 0 Å². The number of rotatable bonds is 9. The van der Waals surface area contributed by atoms with E-state index < -0.39 is 10.0 Å². The highest BCUT2D eigenvalue weighted by molar-refractivity contribution is 7.89. The number of hydrogen-bond acceptors (Lipinski definition) is 9. The van der Waals surface area contributed by atoms with Gasteiger partial charge in [0.1, 0.15) is 5.82 Å². The van der Waals surface area contributed by atoms with Crippen molar-refractivity contribution in [2.45, 2.75) is 36.6 Å². The molecule has 4 aromatic rings. The molecule has 3 N–H and O–H groups in total. The van der Waals surface area contributed by atoms with E-state index in [0.29, 0.717) is 34.5 Å². The third-order valence-corrected chi connectivity index (χ3v) is 9.94. The fourth-order valence-corrected chi connectivity index (χ4v) is 7.45. The van der Waals surface area contributed by atoms with Crippen molar-refractivity contribution in [3.8, 4) is 11.9 Å². The van der Waals surface area contributed by atoms with E-state index in [2.05, 4.69) is 31.6 Å². The number of anilines is 2. The molecule has 230 valence electrons. The Hall–Kier alpha value is -4.35. The van der Waals surface area contributed by atoms with E-state index in [1.165, 1.54) is 12.8 Å². The number of carboxylic acid groups (broad SMARTS) is 1. The molecule has 2 aromatic carbocycles. The summed E-state index contributed by atoms with van der Waals surface area (Å²) in [7, 11) is -3.65. The summed E-state index contributed by atoms with van der Waals surface area (Å²) in [6.45, 7) is 4.80. The standard InChI is InChI=1S/C30H34N8O2S.CH2O2/c31-22-23-3-8-28-24(21-23)12-18-37(28)29-11-15-33-30(35-29)34-25-4-6-27(7-5-25)41(39,40)38(26-9-13-32-14-10-26)20-19-36-16-1-2-17-36;2-1-3/h3-8,11-12,15,18,21,26,32H,1-2,9-10,13-14,16-17,19-20H2,(H,33,34,35);1H,(H,2,3). The molecule has 2 aliphatic rings. The zero-order valence-corrected chi connectivity index (χ0v) is 25.2. The third kappa shape index (κ3) is 7.23. The summed E-state index contributed by atoms with van der Waals surface area (Å²) in [6, 6.07) is 18.3. The lowest BCUT2D eigenvalue weighted by molar-refractivity contribution is -0.122. The minimum atomic E-state index is -3.65. The first-order valence-corrected chi connectivity index (χ1v) is 16.1. The molecule has 0 atom stereocenters. The largest absolute Gasteiger partial charge is 0.483 e. The smallest absolute Gasteiger partial charge is 0.290 e. The molecule has 0 aliphatic carbocycles. The number of nitriles is 1. The van der Waals surface area contributed by atoms with Crippen molar-refractivity contribution >= 4 is 39.0 Å². The molecule has 4 heterocycles. The molecule has 0 saturated carbocycles. The Morgan fingerprint density at radius 1 is 1.09 bits per heavy atom. The second kappa shape index (κ2) is 14.4. The fourth-order valence-electron chi connectivity index (χ4n) is 5.77. The fraction of sp³-hybridized carbons (Fsp3) is 0.355. The number of sulfonamides is 1. The molecule has 0 amide bonds. The lowest BCUT2D eigenvalue weighted by Crippen LogP contribution is -2.48. The van der Waals surface area contributed by atoms with Crippen LogP contribution in [0.3, 0.4) is 0 Å². The minimum Gasteiger partial charge on any atom is -0.483 e. The van der Waals surface area contributed by atoms with Crippen molar-refractivity contribution in [3.05, 3.63) is 72.6 Å². The lowest BCUT2D eigenvalue weighted by Gasteiger charge is -2.34. The van der Waals surface area contributed by atoms with Gasteiger partial charge in [-0.2, -0.15) is 14.6 Å². The number of fused-ring (bicyclic) bond motifs is 1. The first-order valence-electron chi connectivity index (χ1n) is 14.7. The molecular formula is C31H36N8O4S. The molecule has 0 bridgehead atoms. The number of benzene rings is 2. The average Bonchev–Trinajstić information content (AvgIpc) is 3.72. The Morgan fingerprint density at radius 3 is 2.52 bits per heavy atom. The number of aromatic nitrogens is 3. The van der Waals surface area contributed by atoms with Crippen LogP contribution in [-0.4, -0.2) is 89.0 Å². The van der Waals surface area contributed by atoms with Crippen molar-refractivity contribution in [3.63, 3.8) is 0 Å². The van der Waals surface area contributed by atoms with Gasteiger partial charge in [0.15, 0.2) is 0 Å². The second-order valence-corrected chi connectivity index (χ2v) is 12.6. The monoisotopic (exact) mass is 616 g/mol. The van der Waals surface area contributed by atoms with Gasteiger partial charge in [-0.1, -0.05) is 0 Å². The summed E-state index contributed by atoms with van der Waals surface area (Å²) in [5.74, 6) is 1.08. The predicted octanol–water partition coefficient (Wildman–Crippen LogP) is 3.58. The van der Waals surface area contributed by atoms with Crippen molar-refractivity contribution in [1.29, 1.82) is 5.26 Å². The number of nitrogens with one attached hydrogen (secondary N) is 2. The van der Waals surface area contributed by atoms with E-state index >= 15 is 0 Å². The Balaban J connectivity index is 0.00000123. The number of nitrogens with zero attached hydrogens (tertiary/aromatic N) is 6. The first kappa shape index (κ1) is 31.1. The summed E-state index contributed by atoms with van der Waals surface area (Å²) in [4.78, 5) is 20.0. The SMILES string of the molecule is N#Cc1ccc2c(ccn2-c2ccnc(Nc3ccc(S(=O)(=O)N(CCN4CCCC4)C4CCNCC4)cc3)n2)c1.O=CO. The number of piperidine rings is 1. The van der Waals surface area contributed by atoms with Gasteiger partial charge < -0.3 is 25.2 Å². The Kier molecular flexibility index (Phi) is 10.2. The van der Waals surface area contributed by atoms with Gasteiger partial charge in [0.2, 0.25) is 16.0 Å². The third-order valence-electron chi connectivity index (χ3n) is 7.98. The first-order chi connectivity index (χ1) is 21.4. The number of likely N-dealkylation sites (tertiary alicyclic amines) is 1. The molecule has 0 radical (unpaired) electrons. The van der Waals surface area contributed by atoms with Crippen LogP contribution in [0, 0.1) is 11.3 Å². The molecule has 0 spiro atoms. The molecule has 2 aromatic heterocycles. The number of hydrogen-bond donors (Lipinski definition) is 3. The minimum absolute atomic E-state index is 0.00838. The van der Waals surface area contributed by atoms with Crippen LogP contribution in [-0.2, 0) is 14.8 Å². The topological polar surface area (TPSA) is 156 Å². The summed E-state index contributed by atoms with van der Waals surface area (Å²) in [6.07, 6.45) is 7.61. The van der Waals surface area contributed by atoms with Crippen LogP contribution in [0.5, 0.6) is 0 Å². The molecule has 2 aliphatic heterocycles. The van der Waals surface area contributed by atoms with E-state index in [0.717, 1.165) is 56.5 Å². The van der Waals surface area contributed by atoms with Crippen LogP contribution in [0.4, 0.5) is 11.6 Å². The van der Waals surface area contributed by atoms with Gasteiger partial charge in [-0.15, -0.1) is 0 Å². The number of carbonyl (C=O) groups is 1. The zero-order valence-electron chi connectivity index (χ0n) is 24.3. The molecule has 0 unspecified atom stereocenters. The maximum Gasteiger partial charge on any atom is 0.290 e. The van der Waals surface area contributed by atoms with Crippen molar-refractivity contribution < 1.29 is 18.3 Å². The molecule has 2 fully saturated rings. The normalized spacial score (nSPS) is 15.9. The molecule has 44 heavy (non-hydrogen) atoms. The van der Waals surface area contributed by atoms with Crippen molar-refractivity contribution in [2.75, 3.05) is 44.6 Å². The highest BCUT2D eigenvalue weighted by Gasteiger charge is 2.32. The van der Waals surface area contributed by atoms with Gasteiger partial charge in [-0.25, -0.2) is 13.4 Å². The van der Waals surface area contributed by atoms with E-state index in [1.807, 2.05) is 35.0 Å². The summed E-state index contributed by atoms with van der Waals surface area (Å²) < 4.78 is 31.4. The van der Waals surface area contributed by atoms with Gasteiger partial charge in [0, 0.05) is 42.6 Å². The van der Waals surface area contributed by atoms with Crippen LogP contribution in [0.25, 0.3) is 16.7 Å². The van der Waals surface area contributed by atoms with Crippen LogP contribution in [0.2, 0.25) is 0 Å². The Labute approximate surface area is 257 Å². The van der Waals surface area contributed by atoms with Crippen LogP contribution >= 0.6 is 0 Å². The second-order valence-electron chi connectivity index (χ2n) is 10.7. The summed E-state index contributed by atoms with van der Waals surface area (Å²) >= 11 is 0. The highest BCUT2D eigenvalue weighted by Crippen LogP contribution is 2.26. The molecule has 13 heteroatoms. The van der Waals surface area contributed by atoms with Gasteiger partial charge >= 0.3 is 0 Å². The van der Waals surface area contributed by atoms with Crippen LogP contribution in [0.1, 0.15) is 31.2 Å². The van der Waals surface area contributed by atoms with Gasteiger partial charge in [0.05, 0.1) is 22.0 Å². The highest BCUT2D eigenvalue weighted by atomic mass is 32.2. The maximum atomic E-state index is 13.9. The summed E-state index contributed by atoms with van der Waals surface area (Å²) in [5, 5.41) is 23.6. The van der Waals surface area contributed by atoms with Gasteiger partial charge in [-0.05, 0) is 106 Å². The van der Waals surface area contributed by atoms with Crippen LogP contribution < -0.4 is 10.6 Å². The van der Waals surface area contributed by atoms with E-state index in [1.54, 1.807) is 40.8 Å². The van der Waals surface area contributed by atoms with E-state index in [-0.39, 0.29) is 12.5 Å². The molecule has 6 rings (SSSR count). The maximum absolute atomic E-state index is 13.9. The zero-order chi connectivity index (χ0) is 30.9. The molecule has 2 saturated heterocycles. The lowest BCUT2D eigenvalue weighted by atomic mass is 10.1. The predicted molar refractivity (Wildman–Crippen MR) is 167 cm³/mol. The quantitative estimate of drug-likeness (QED) is 0.238. The Morgan fingerprint density at radius 2 is 1.82 bits per heavy atom. The molecular weight excluding hydrogens is 580 g/mol. The van der Waals surface area contributed by atoms with Crippen molar-refractivity contribution in [1.82, 2.24) is 29.1 Å². The average molecular weight is 617 g/mol. The van der Waals surface area contributed by atoms with Gasteiger partial charge in [-0.3, -0.25) is 4.79 Å². The molecule has 12 nitrogen and oxygen atoms in total.